The molecule has 0 aliphatic carbocycles. The van der Waals surface area contributed by atoms with Crippen LogP contribution in [0.3, 0.4) is 0 Å². The fraction of sp³-hybridized carbons (Fsp3) is 0.462. The molecule has 5 nitrogen and oxygen atoms in total. The summed E-state index contributed by atoms with van der Waals surface area (Å²) in [5, 5.41) is 18.7. The second-order valence-corrected chi connectivity index (χ2v) is 4.14. The van der Waals surface area contributed by atoms with Gasteiger partial charge >= 0.3 is 5.97 Å². The molecule has 0 fully saturated rings. The van der Waals surface area contributed by atoms with E-state index in [4.69, 9.17) is 9.84 Å². The molecule has 2 N–H and O–H groups in total. The largest absolute Gasteiger partial charge is 0.490 e. The van der Waals surface area contributed by atoms with Crippen LogP contribution in [-0.4, -0.2) is 42.1 Å². The minimum atomic E-state index is -1.69. The first-order valence-corrected chi connectivity index (χ1v) is 5.63. The number of hydrogen-bond acceptors (Lipinski definition) is 5. The standard InChI is InChI=1S/C13H18O5/c1-13(16,12(15)17-2)9-18-11-6-4-3-5-10(11)7-8-14/h3-6,14,16H,7-9H2,1-2H3. The zero-order valence-corrected chi connectivity index (χ0v) is 10.5. The zero-order valence-electron chi connectivity index (χ0n) is 10.5. The van der Waals surface area contributed by atoms with Gasteiger partial charge in [0.25, 0.3) is 0 Å². The van der Waals surface area contributed by atoms with Crippen molar-refractivity contribution in [1.29, 1.82) is 0 Å². The van der Waals surface area contributed by atoms with E-state index in [2.05, 4.69) is 4.74 Å². The Morgan fingerprint density at radius 2 is 2.06 bits per heavy atom. The Balaban J connectivity index is 2.71. The first-order chi connectivity index (χ1) is 8.51. The minimum absolute atomic E-state index is 0.00771. The number of para-hydroxylation sites is 1. The molecule has 1 aromatic carbocycles. The Labute approximate surface area is 106 Å². The summed E-state index contributed by atoms with van der Waals surface area (Å²) in [6, 6.07) is 7.15. The second-order valence-electron chi connectivity index (χ2n) is 4.14. The SMILES string of the molecule is COC(=O)C(C)(O)COc1ccccc1CCO. The summed E-state index contributed by atoms with van der Waals surface area (Å²) in [5.74, 6) is -0.210. The predicted molar refractivity (Wildman–Crippen MR) is 65.4 cm³/mol. The highest BCUT2D eigenvalue weighted by atomic mass is 16.6. The summed E-state index contributed by atoms with van der Waals surface area (Å²) in [7, 11) is 1.20. The maximum atomic E-state index is 11.3. The molecule has 1 unspecified atom stereocenters. The molecule has 0 saturated heterocycles. The number of ether oxygens (including phenoxy) is 2. The minimum Gasteiger partial charge on any atom is -0.490 e. The average Bonchev–Trinajstić information content (AvgIpc) is 2.37. The number of carbonyl (C=O) groups is 1. The van der Waals surface area contributed by atoms with E-state index in [-0.39, 0.29) is 13.2 Å². The number of esters is 1. The van der Waals surface area contributed by atoms with Crippen LogP contribution in [0.1, 0.15) is 12.5 Å². The van der Waals surface area contributed by atoms with Crippen molar-refractivity contribution in [2.45, 2.75) is 18.9 Å². The Bertz CT molecular complexity index is 400. The first-order valence-electron chi connectivity index (χ1n) is 5.63. The van der Waals surface area contributed by atoms with Crippen LogP contribution in [0.15, 0.2) is 24.3 Å². The Morgan fingerprint density at radius 3 is 2.67 bits per heavy atom. The monoisotopic (exact) mass is 254 g/mol. The quantitative estimate of drug-likeness (QED) is 0.724. The molecule has 0 radical (unpaired) electrons. The lowest BCUT2D eigenvalue weighted by Crippen LogP contribution is -2.42. The molecule has 1 atom stereocenters. The first kappa shape index (κ1) is 14.5. The summed E-state index contributed by atoms with van der Waals surface area (Å²) in [6.07, 6.45) is 0.455. The van der Waals surface area contributed by atoms with Crippen LogP contribution >= 0.6 is 0 Å². The van der Waals surface area contributed by atoms with E-state index in [1.54, 1.807) is 12.1 Å². The number of rotatable bonds is 6. The maximum Gasteiger partial charge on any atom is 0.341 e. The van der Waals surface area contributed by atoms with E-state index in [9.17, 15) is 9.90 Å². The van der Waals surface area contributed by atoms with Crippen LogP contribution in [0.2, 0.25) is 0 Å². The number of methoxy groups -OCH3 is 1. The second kappa shape index (κ2) is 6.37. The van der Waals surface area contributed by atoms with E-state index < -0.39 is 11.6 Å². The van der Waals surface area contributed by atoms with Gasteiger partial charge in [-0.15, -0.1) is 0 Å². The summed E-state index contributed by atoms with van der Waals surface area (Å²) in [6.45, 7) is 1.13. The molecule has 1 aromatic rings. The van der Waals surface area contributed by atoms with Gasteiger partial charge in [0, 0.05) is 6.61 Å². The molecule has 0 aliphatic heterocycles. The van der Waals surface area contributed by atoms with Gasteiger partial charge < -0.3 is 19.7 Å². The highest BCUT2D eigenvalue weighted by Gasteiger charge is 2.32. The van der Waals surface area contributed by atoms with Crippen molar-refractivity contribution in [3.05, 3.63) is 29.8 Å². The van der Waals surface area contributed by atoms with Gasteiger partial charge in [0.05, 0.1) is 7.11 Å². The van der Waals surface area contributed by atoms with Gasteiger partial charge in [0.1, 0.15) is 12.4 Å². The highest BCUT2D eigenvalue weighted by Crippen LogP contribution is 2.20. The van der Waals surface area contributed by atoms with Crippen LogP contribution in [0.4, 0.5) is 0 Å². The van der Waals surface area contributed by atoms with Gasteiger partial charge in [0.15, 0.2) is 5.60 Å². The molecule has 5 heteroatoms. The number of benzene rings is 1. The number of carbonyl (C=O) groups excluding carboxylic acids is 1. The molecular formula is C13H18O5. The average molecular weight is 254 g/mol. The van der Waals surface area contributed by atoms with Gasteiger partial charge in [-0.25, -0.2) is 4.79 Å². The Hall–Kier alpha value is -1.59. The van der Waals surface area contributed by atoms with Crippen LogP contribution in [-0.2, 0) is 16.0 Å². The molecule has 0 saturated carbocycles. The lowest BCUT2D eigenvalue weighted by Gasteiger charge is -2.21. The molecule has 1 rings (SSSR count). The van der Waals surface area contributed by atoms with Crippen LogP contribution < -0.4 is 4.74 Å². The third-order valence-corrected chi connectivity index (χ3v) is 2.49. The zero-order chi connectivity index (χ0) is 13.6. The van der Waals surface area contributed by atoms with E-state index in [1.807, 2.05) is 12.1 Å². The number of aliphatic hydroxyl groups excluding tert-OH is 1. The van der Waals surface area contributed by atoms with Crippen LogP contribution in [0.5, 0.6) is 5.75 Å². The van der Waals surface area contributed by atoms with Gasteiger partial charge in [-0.05, 0) is 25.0 Å². The van der Waals surface area contributed by atoms with Gasteiger partial charge in [-0.3, -0.25) is 0 Å². The van der Waals surface area contributed by atoms with E-state index in [1.165, 1.54) is 14.0 Å². The third kappa shape index (κ3) is 3.72. The van der Waals surface area contributed by atoms with Gasteiger partial charge in [-0.2, -0.15) is 0 Å². The van der Waals surface area contributed by atoms with Gasteiger partial charge in [-0.1, -0.05) is 18.2 Å². The summed E-state index contributed by atoms with van der Waals surface area (Å²) >= 11 is 0. The Kier molecular flexibility index (Phi) is 5.12. The lowest BCUT2D eigenvalue weighted by atomic mass is 10.1. The highest BCUT2D eigenvalue weighted by molar-refractivity contribution is 5.78. The van der Waals surface area contributed by atoms with E-state index >= 15 is 0 Å². The van der Waals surface area contributed by atoms with E-state index in [0.717, 1.165) is 5.56 Å². The summed E-state index contributed by atoms with van der Waals surface area (Å²) < 4.78 is 9.89. The van der Waals surface area contributed by atoms with Crippen molar-refractivity contribution in [3.63, 3.8) is 0 Å². The smallest absolute Gasteiger partial charge is 0.341 e. The molecule has 0 amide bonds. The Morgan fingerprint density at radius 1 is 1.39 bits per heavy atom. The fourth-order valence-corrected chi connectivity index (χ4v) is 1.47. The molecule has 0 spiro atoms. The molecule has 18 heavy (non-hydrogen) atoms. The van der Waals surface area contributed by atoms with Crippen LogP contribution in [0, 0.1) is 0 Å². The normalized spacial score (nSPS) is 13.8. The molecule has 0 aromatic heterocycles. The predicted octanol–water partition coefficient (Wildman–Crippen LogP) is 0.524. The van der Waals surface area contributed by atoms with Crippen molar-refractivity contribution in [3.8, 4) is 5.75 Å². The molecule has 0 heterocycles. The summed E-state index contributed by atoms with van der Waals surface area (Å²) in [4.78, 5) is 11.3. The molecular weight excluding hydrogens is 236 g/mol. The third-order valence-electron chi connectivity index (χ3n) is 2.49. The van der Waals surface area contributed by atoms with Crippen molar-refractivity contribution in [2.24, 2.45) is 0 Å². The van der Waals surface area contributed by atoms with Crippen LogP contribution in [0.25, 0.3) is 0 Å². The van der Waals surface area contributed by atoms with Crippen molar-refractivity contribution < 1.29 is 24.5 Å². The molecule has 100 valence electrons. The molecule has 0 aliphatic rings. The van der Waals surface area contributed by atoms with Crippen molar-refractivity contribution in [2.75, 3.05) is 20.3 Å². The van der Waals surface area contributed by atoms with Crippen molar-refractivity contribution in [1.82, 2.24) is 0 Å². The lowest BCUT2D eigenvalue weighted by molar-refractivity contribution is -0.163. The number of aliphatic hydroxyl groups is 2. The van der Waals surface area contributed by atoms with E-state index in [0.29, 0.717) is 12.2 Å². The maximum absolute atomic E-state index is 11.3. The fourth-order valence-electron chi connectivity index (χ4n) is 1.47. The topological polar surface area (TPSA) is 76.0 Å². The van der Waals surface area contributed by atoms with Gasteiger partial charge in [0.2, 0.25) is 0 Å². The number of hydrogen-bond donors (Lipinski definition) is 2. The molecule has 0 bridgehead atoms. The summed E-state index contributed by atoms with van der Waals surface area (Å²) in [5.41, 5.74) is -0.873. The van der Waals surface area contributed by atoms with Crippen molar-refractivity contribution >= 4 is 5.97 Å².